The maximum Gasteiger partial charge on any atom is 0.250 e. The summed E-state index contributed by atoms with van der Waals surface area (Å²) >= 11 is 0. The van der Waals surface area contributed by atoms with E-state index in [2.05, 4.69) is 10.6 Å². The van der Waals surface area contributed by atoms with Gasteiger partial charge in [-0.3, -0.25) is 9.59 Å². The molecule has 1 aliphatic heterocycles. The van der Waals surface area contributed by atoms with Gasteiger partial charge < -0.3 is 15.4 Å². The smallest absolute Gasteiger partial charge is 0.250 e. The fourth-order valence-corrected chi connectivity index (χ4v) is 1.78. The summed E-state index contributed by atoms with van der Waals surface area (Å²) < 4.78 is 5.50. The third kappa shape index (κ3) is 3.58. The van der Waals surface area contributed by atoms with Gasteiger partial charge in [-0.15, -0.1) is 0 Å². The fourth-order valence-electron chi connectivity index (χ4n) is 1.78. The predicted molar refractivity (Wildman–Crippen MR) is 71.6 cm³/mol. The monoisotopic (exact) mass is 260 g/mol. The molecule has 0 saturated carbocycles. The lowest BCUT2D eigenvalue weighted by Crippen LogP contribution is -2.35. The summed E-state index contributed by atoms with van der Waals surface area (Å²) in [5.41, 5.74) is 1.49. The van der Waals surface area contributed by atoms with Gasteiger partial charge in [0.2, 0.25) is 5.91 Å². The van der Waals surface area contributed by atoms with Gasteiger partial charge in [-0.2, -0.15) is 0 Å². The second kappa shape index (κ2) is 6.04. The van der Waals surface area contributed by atoms with Crippen LogP contribution in [0.15, 0.2) is 29.8 Å². The first-order valence-corrected chi connectivity index (χ1v) is 6.12. The number of hydrogen-bond donors (Lipinski definition) is 2. The van der Waals surface area contributed by atoms with Crippen molar-refractivity contribution < 1.29 is 14.3 Å². The Hall–Kier alpha value is -2.30. The van der Waals surface area contributed by atoms with Crippen LogP contribution < -0.4 is 15.4 Å². The molecule has 0 aromatic heterocycles. The third-order valence-electron chi connectivity index (χ3n) is 2.71. The van der Waals surface area contributed by atoms with E-state index in [9.17, 15) is 9.59 Å². The maximum absolute atomic E-state index is 11.9. The lowest BCUT2D eigenvalue weighted by atomic mass is 10.1. The van der Waals surface area contributed by atoms with E-state index in [4.69, 9.17) is 4.74 Å². The zero-order valence-corrected chi connectivity index (χ0v) is 10.7. The molecule has 1 heterocycles. The number of fused-ring (bicyclic) bond motifs is 1. The van der Waals surface area contributed by atoms with E-state index in [0.717, 1.165) is 11.3 Å². The normalized spacial score (nSPS) is 12.8. The van der Waals surface area contributed by atoms with E-state index in [0.29, 0.717) is 18.7 Å². The van der Waals surface area contributed by atoms with Crippen LogP contribution in [0.3, 0.4) is 0 Å². The average Bonchev–Trinajstić information content (AvgIpc) is 2.42. The Kier molecular flexibility index (Phi) is 4.18. The van der Waals surface area contributed by atoms with E-state index < -0.39 is 0 Å². The Morgan fingerprint density at radius 2 is 1.95 bits per heavy atom. The molecule has 100 valence electrons. The van der Waals surface area contributed by atoms with Crippen molar-refractivity contribution in [3.8, 4) is 5.75 Å². The fraction of sp³-hybridized carbons (Fsp3) is 0.286. The molecular weight excluding hydrogens is 244 g/mol. The largest absolute Gasteiger partial charge is 0.488 e. The Labute approximate surface area is 111 Å². The lowest BCUT2D eigenvalue weighted by Gasteiger charge is -2.17. The van der Waals surface area contributed by atoms with Gasteiger partial charge in [0.1, 0.15) is 12.4 Å². The first-order chi connectivity index (χ1) is 9.16. The Bertz CT molecular complexity index is 523. The van der Waals surface area contributed by atoms with Gasteiger partial charge in [-0.1, -0.05) is 18.2 Å². The molecule has 2 amide bonds. The van der Waals surface area contributed by atoms with Crippen molar-refractivity contribution in [2.24, 2.45) is 0 Å². The molecule has 0 spiro atoms. The molecule has 0 fully saturated rings. The van der Waals surface area contributed by atoms with Crippen LogP contribution >= 0.6 is 0 Å². The predicted octanol–water partition coefficient (Wildman–Crippen LogP) is 0.715. The summed E-state index contributed by atoms with van der Waals surface area (Å²) in [6.07, 6.45) is 1.83. The number of hydrogen-bond acceptors (Lipinski definition) is 3. The van der Waals surface area contributed by atoms with E-state index in [1.807, 2.05) is 30.3 Å². The first-order valence-electron chi connectivity index (χ1n) is 6.12. The quantitative estimate of drug-likeness (QED) is 0.784. The number of carbonyl (C=O) groups is 2. The molecule has 2 rings (SSSR count). The zero-order chi connectivity index (χ0) is 13.7. The molecule has 0 atom stereocenters. The highest BCUT2D eigenvalue weighted by Gasteiger charge is 2.16. The molecule has 5 nitrogen and oxygen atoms in total. The van der Waals surface area contributed by atoms with Crippen LogP contribution in [-0.2, 0) is 9.59 Å². The van der Waals surface area contributed by atoms with Gasteiger partial charge in [-0.05, 0) is 12.1 Å². The minimum Gasteiger partial charge on any atom is -0.488 e. The summed E-state index contributed by atoms with van der Waals surface area (Å²) in [6, 6.07) is 7.57. The highest BCUT2D eigenvalue weighted by atomic mass is 16.5. The molecule has 1 aliphatic rings. The zero-order valence-electron chi connectivity index (χ0n) is 10.7. The van der Waals surface area contributed by atoms with E-state index >= 15 is 0 Å². The number of rotatable bonds is 4. The lowest BCUT2D eigenvalue weighted by molar-refractivity contribution is -0.120. The minimum absolute atomic E-state index is 0.108. The number of nitrogens with one attached hydrogen (secondary N) is 2. The van der Waals surface area contributed by atoms with Crippen LogP contribution in [0.25, 0.3) is 6.08 Å². The summed E-state index contributed by atoms with van der Waals surface area (Å²) in [7, 11) is 0. The van der Waals surface area contributed by atoms with Crippen molar-refractivity contribution >= 4 is 17.9 Å². The second-order valence-electron chi connectivity index (χ2n) is 4.23. The number of para-hydroxylation sites is 1. The maximum atomic E-state index is 11.9. The molecule has 1 aromatic carbocycles. The van der Waals surface area contributed by atoms with Crippen LogP contribution in [-0.4, -0.2) is 31.5 Å². The van der Waals surface area contributed by atoms with Crippen molar-refractivity contribution in [3.05, 3.63) is 35.4 Å². The Morgan fingerprint density at radius 1 is 1.21 bits per heavy atom. The van der Waals surface area contributed by atoms with Crippen LogP contribution in [0.2, 0.25) is 0 Å². The molecule has 19 heavy (non-hydrogen) atoms. The molecule has 0 radical (unpaired) electrons. The molecule has 0 bridgehead atoms. The molecule has 0 saturated heterocycles. The average molecular weight is 260 g/mol. The van der Waals surface area contributed by atoms with Crippen molar-refractivity contribution in [1.82, 2.24) is 10.6 Å². The number of ether oxygens (including phenoxy) is 1. The van der Waals surface area contributed by atoms with Crippen LogP contribution in [0.1, 0.15) is 12.5 Å². The van der Waals surface area contributed by atoms with Crippen molar-refractivity contribution in [1.29, 1.82) is 0 Å². The number of amides is 2. The minimum atomic E-state index is -0.167. The summed E-state index contributed by atoms with van der Waals surface area (Å²) in [4.78, 5) is 22.6. The highest BCUT2D eigenvalue weighted by molar-refractivity contribution is 5.99. The van der Waals surface area contributed by atoms with Crippen LogP contribution in [0, 0.1) is 0 Å². The van der Waals surface area contributed by atoms with Gasteiger partial charge in [0, 0.05) is 25.6 Å². The van der Waals surface area contributed by atoms with Crippen LogP contribution in [0.4, 0.5) is 0 Å². The molecule has 2 N–H and O–H groups in total. The number of benzene rings is 1. The van der Waals surface area contributed by atoms with E-state index in [1.54, 1.807) is 0 Å². The molecule has 0 aliphatic carbocycles. The summed E-state index contributed by atoms with van der Waals surface area (Å²) in [6.45, 7) is 2.53. The standard InChI is InChI=1S/C14H16N2O3/c1-10(17)15-6-7-16-14(18)12-8-11-4-2-3-5-13(11)19-9-12/h2-5,8H,6-7,9H2,1H3,(H,15,17)(H,16,18). The van der Waals surface area contributed by atoms with Crippen molar-refractivity contribution in [3.63, 3.8) is 0 Å². The van der Waals surface area contributed by atoms with E-state index in [-0.39, 0.29) is 18.4 Å². The molecular formula is C14H16N2O3. The molecule has 0 unspecified atom stereocenters. The van der Waals surface area contributed by atoms with Crippen molar-refractivity contribution in [2.75, 3.05) is 19.7 Å². The SMILES string of the molecule is CC(=O)NCCNC(=O)C1=Cc2ccccc2OC1. The van der Waals surface area contributed by atoms with Crippen molar-refractivity contribution in [2.45, 2.75) is 6.92 Å². The third-order valence-corrected chi connectivity index (χ3v) is 2.71. The van der Waals surface area contributed by atoms with Crippen LogP contribution in [0.5, 0.6) is 5.75 Å². The second-order valence-corrected chi connectivity index (χ2v) is 4.23. The van der Waals surface area contributed by atoms with E-state index in [1.165, 1.54) is 6.92 Å². The van der Waals surface area contributed by atoms with Gasteiger partial charge in [0.05, 0.1) is 5.57 Å². The van der Waals surface area contributed by atoms with Gasteiger partial charge in [0.25, 0.3) is 5.91 Å². The van der Waals surface area contributed by atoms with Gasteiger partial charge in [0.15, 0.2) is 0 Å². The Balaban J connectivity index is 1.90. The van der Waals surface area contributed by atoms with Gasteiger partial charge in [-0.25, -0.2) is 0 Å². The number of carbonyl (C=O) groups excluding carboxylic acids is 2. The molecule has 5 heteroatoms. The topological polar surface area (TPSA) is 67.4 Å². The van der Waals surface area contributed by atoms with Gasteiger partial charge >= 0.3 is 0 Å². The summed E-state index contributed by atoms with van der Waals surface area (Å²) in [5, 5.41) is 5.35. The summed E-state index contributed by atoms with van der Waals surface area (Å²) in [5.74, 6) is 0.514. The first kappa shape index (κ1) is 13.1. The molecule has 1 aromatic rings. The Morgan fingerprint density at radius 3 is 2.74 bits per heavy atom. The highest BCUT2D eigenvalue weighted by Crippen LogP contribution is 2.25.